The molecule has 3 N–H and O–H groups in total. The summed E-state index contributed by atoms with van der Waals surface area (Å²) in [6.07, 6.45) is 3.57. The first-order valence-corrected chi connectivity index (χ1v) is 8.95. The average molecular weight is 342 g/mol. The monoisotopic (exact) mass is 342 g/mol. The zero-order chi connectivity index (χ0) is 17.7. The lowest BCUT2D eigenvalue weighted by atomic mass is 9.85. The first-order valence-electron chi connectivity index (χ1n) is 8.95. The molecule has 2 aliphatic rings. The summed E-state index contributed by atoms with van der Waals surface area (Å²) < 4.78 is 5.50. The maximum absolute atomic E-state index is 12.3. The molecule has 2 aromatic rings. The topological polar surface area (TPSA) is 69.4 Å². The molecule has 0 bridgehead atoms. The van der Waals surface area contributed by atoms with Crippen LogP contribution in [0.2, 0.25) is 0 Å². The second kappa shape index (κ2) is 5.58. The van der Waals surface area contributed by atoms with Gasteiger partial charge in [-0.05, 0) is 51.8 Å². The minimum absolute atomic E-state index is 0.0168. The van der Waals surface area contributed by atoms with E-state index in [-0.39, 0.29) is 11.6 Å². The fourth-order valence-corrected chi connectivity index (χ4v) is 3.73. The van der Waals surface area contributed by atoms with E-state index in [0.717, 1.165) is 36.3 Å². The molecule has 4 rings (SSSR count). The Kier molecular flexibility index (Phi) is 3.60. The summed E-state index contributed by atoms with van der Waals surface area (Å²) in [7, 11) is 0. The average Bonchev–Trinajstić information content (AvgIpc) is 3.03. The molecule has 134 valence electrons. The number of H-pyrrole nitrogens is 1. The summed E-state index contributed by atoms with van der Waals surface area (Å²) in [4.78, 5) is 17.4. The van der Waals surface area contributed by atoms with Crippen molar-refractivity contribution in [3.63, 3.8) is 0 Å². The minimum Gasteiger partial charge on any atom is -0.444 e. The van der Waals surface area contributed by atoms with Gasteiger partial charge in [0.1, 0.15) is 5.60 Å². The van der Waals surface area contributed by atoms with E-state index in [1.165, 1.54) is 5.39 Å². The number of fused-ring (bicyclic) bond motifs is 3. The molecule has 1 aromatic carbocycles. The number of likely N-dealkylation sites (tertiary alicyclic amines) is 1. The van der Waals surface area contributed by atoms with Crippen LogP contribution in [-0.4, -0.2) is 46.8 Å². The zero-order valence-electron chi connectivity index (χ0n) is 15.1. The number of benzene rings is 1. The van der Waals surface area contributed by atoms with E-state index < -0.39 is 5.60 Å². The van der Waals surface area contributed by atoms with Crippen LogP contribution in [0.1, 0.15) is 33.6 Å². The van der Waals surface area contributed by atoms with Crippen LogP contribution in [0.25, 0.3) is 10.9 Å². The molecule has 0 atom stereocenters. The highest BCUT2D eigenvalue weighted by Gasteiger charge is 2.39. The second-order valence-corrected chi connectivity index (χ2v) is 8.15. The van der Waals surface area contributed by atoms with Gasteiger partial charge in [-0.3, -0.25) is 0 Å². The van der Waals surface area contributed by atoms with Gasteiger partial charge in [-0.25, -0.2) is 4.79 Å². The number of amides is 1. The third-order valence-electron chi connectivity index (χ3n) is 5.11. The number of anilines is 2. The van der Waals surface area contributed by atoms with Crippen molar-refractivity contribution >= 4 is 28.4 Å². The molecule has 25 heavy (non-hydrogen) atoms. The van der Waals surface area contributed by atoms with Crippen LogP contribution in [0, 0.1) is 0 Å². The van der Waals surface area contributed by atoms with E-state index in [0.29, 0.717) is 13.1 Å². The number of hydrogen-bond acceptors (Lipinski definition) is 4. The lowest BCUT2D eigenvalue weighted by Crippen LogP contribution is -2.56. The van der Waals surface area contributed by atoms with Gasteiger partial charge in [-0.2, -0.15) is 0 Å². The number of aromatic nitrogens is 1. The number of ether oxygens (including phenoxy) is 1. The lowest BCUT2D eigenvalue weighted by molar-refractivity contribution is 0.0181. The molecule has 1 amide bonds. The molecule has 0 unspecified atom stereocenters. The van der Waals surface area contributed by atoms with E-state index in [2.05, 4.69) is 33.8 Å². The number of hydrogen-bond donors (Lipinski definition) is 3. The van der Waals surface area contributed by atoms with Gasteiger partial charge < -0.3 is 25.3 Å². The molecule has 0 aliphatic carbocycles. The third kappa shape index (κ3) is 3.01. The molecule has 6 nitrogen and oxygen atoms in total. The summed E-state index contributed by atoms with van der Waals surface area (Å²) in [5.74, 6) is 0. The quantitative estimate of drug-likeness (QED) is 0.681. The molecule has 1 fully saturated rings. The molecular weight excluding hydrogens is 316 g/mol. The van der Waals surface area contributed by atoms with Gasteiger partial charge in [0.15, 0.2) is 0 Å². The largest absolute Gasteiger partial charge is 0.444 e. The number of aromatic amines is 1. The fraction of sp³-hybridized carbons (Fsp3) is 0.526. The zero-order valence-corrected chi connectivity index (χ0v) is 15.1. The first kappa shape index (κ1) is 16.1. The smallest absolute Gasteiger partial charge is 0.410 e. The predicted molar refractivity (Wildman–Crippen MR) is 100 cm³/mol. The van der Waals surface area contributed by atoms with E-state index in [4.69, 9.17) is 4.74 Å². The maximum atomic E-state index is 12.3. The summed E-state index contributed by atoms with van der Waals surface area (Å²) in [5, 5.41) is 8.57. The van der Waals surface area contributed by atoms with Gasteiger partial charge in [0.2, 0.25) is 0 Å². The molecule has 1 aromatic heterocycles. The third-order valence-corrected chi connectivity index (χ3v) is 5.11. The molecule has 6 heteroatoms. The van der Waals surface area contributed by atoms with E-state index >= 15 is 0 Å². The van der Waals surface area contributed by atoms with Gasteiger partial charge in [-0.15, -0.1) is 0 Å². The lowest BCUT2D eigenvalue weighted by Gasteiger charge is -2.46. The maximum Gasteiger partial charge on any atom is 0.410 e. The summed E-state index contributed by atoms with van der Waals surface area (Å²) in [6, 6.07) is 6.33. The van der Waals surface area contributed by atoms with Gasteiger partial charge in [0.05, 0.1) is 16.9 Å². The Morgan fingerprint density at radius 1 is 1.20 bits per heavy atom. The van der Waals surface area contributed by atoms with Crippen LogP contribution in [0.15, 0.2) is 24.4 Å². The Bertz CT molecular complexity index is 797. The Balaban J connectivity index is 1.49. The van der Waals surface area contributed by atoms with Crippen LogP contribution in [-0.2, 0) is 4.74 Å². The highest BCUT2D eigenvalue weighted by molar-refractivity contribution is 5.99. The highest BCUT2D eigenvalue weighted by Crippen LogP contribution is 2.40. The Morgan fingerprint density at radius 3 is 2.68 bits per heavy atom. The summed E-state index contributed by atoms with van der Waals surface area (Å²) >= 11 is 0. The van der Waals surface area contributed by atoms with Crippen molar-refractivity contribution in [2.75, 3.05) is 30.3 Å². The van der Waals surface area contributed by atoms with Crippen molar-refractivity contribution in [3.05, 3.63) is 24.4 Å². The van der Waals surface area contributed by atoms with Gasteiger partial charge in [0, 0.05) is 36.7 Å². The Morgan fingerprint density at radius 2 is 1.96 bits per heavy atom. The van der Waals surface area contributed by atoms with Crippen molar-refractivity contribution < 1.29 is 9.53 Å². The number of nitrogens with one attached hydrogen (secondary N) is 3. The number of carbonyl (C=O) groups is 1. The minimum atomic E-state index is -0.449. The second-order valence-electron chi connectivity index (χ2n) is 8.15. The van der Waals surface area contributed by atoms with Crippen molar-refractivity contribution in [2.24, 2.45) is 0 Å². The van der Waals surface area contributed by atoms with Crippen LogP contribution >= 0.6 is 0 Å². The molecule has 1 saturated heterocycles. The van der Waals surface area contributed by atoms with E-state index in [9.17, 15) is 4.79 Å². The van der Waals surface area contributed by atoms with Crippen LogP contribution in [0.4, 0.5) is 16.2 Å². The van der Waals surface area contributed by atoms with Gasteiger partial charge in [-0.1, -0.05) is 0 Å². The highest BCUT2D eigenvalue weighted by atomic mass is 16.6. The van der Waals surface area contributed by atoms with Crippen molar-refractivity contribution in [1.29, 1.82) is 0 Å². The van der Waals surface area contributed by atoms with Crippen LogP contribution < -0.4 is 10.6 Å². The van der Waals surface area contributed by atoms with Crippen molar-refractivity contribution in [3.8, 4) is 0 Å². The van der Waals surface area contributed by atoms with Crippen molar-refractivity contribution in [2.45, 2.75) is 44.8 Å². The molecule has 2 aliphatic heterocycles. The number of piperidine rings is 1. The molecular formula is C19H26N4O2. The molecule has 0 saturated carbocycles. The fourth-order valence-electron chi connectivity index (χ4n) is 3.73. The number of nitrogens with zero attached hydrogens (tertiary/aromatic N) is 1. The van der Waals surface area contributed by atoms with E-state index in [1.807, 2.05) is 31.9 Å². The molecule has 0 radical (unpaired) electrons. The van der Waals surface area contributed by atoms with Crippen LogP contribution in [0.3, 0.4) is 0 Å². The summed E-state index contributed by atoms with van der Waals surface area (Å²) in [6.45, 7) is 8.01. The SMILES string of the molecule is CC(C)(C)OC(=O)N1CCC2(CC1)CNc1ccc3[nH]ccc3c1N2. The predicted octanol–water partition coefficient (Wildman–Crippen LogP) is 3.78. The van der Waals surface area contributed by atoms with Gasteiger partial charge >= 0.3 is 6.09 Å². The van der Waals surface area contributed by atoms with Gasteiger partial charge in [0.25, 0.3) is 0 Å². The molecule has 3 heterocycles. The van der Waals surface area contributed by atoms with Crippen molar-refractivity contribution in [1.82, 2.24) is 9.88 Å². The first-order chi connectivity index (χ1) is 11.9. The van der Waals surface area contributed by atoms with E-state index in [1.54, 1.807) is 0 Å². The molecule has 1 spiro atoms. The summed E-state index contributed by atoms with van der Waals surface area (Å²) in [5.41, 5.74) is 2.98. The number of carbonyl (C=O) groups excluding carboxylic acids is 1. The van der Waals surface area contributed by atoms with Crippen LogP contribution in [0.5, 0.6) is 0 Å². The number of rotatable bonds is 0. The standard InChI is InChI=1S/C19H26N4O2/c1-18(2,3)25-17(24)23-10-7-19(8-11-23)12-21-15-5-4-14-13(6-9-20-14)16(15)22-19/h4-6,9,20-22H,7-8,10-12H2,1-3H3. The Labute approximate surface area is 147 Å². The normalized spacial score (nSPS) is 19.2. The Hall–Kier alpha value is -2.37.